The van der Waals surface area contributed by atoms with Crippen LogP contribution < -0.4 is 0 Å². The number of aliphatic hydroxyl groups excluding tert-OH is 1. The molecule has 15 heavy (non-hydrogen) atoms. The maximum Gasteiger partial charge on any atom is 0.0802 e. The number of hydrogen-bond donors (Lipinski definition) is 1. The molecule has 2 saturated carbocycles. The van der Waals surface area contributed by atoms with E-state index in [1.807, 2.05) is 0 Å². The lowest BCUT2D eigenvalue weighted by atomic mass is 9.88. The first-order chi connectivity index (χ1) is 7.19. The summed E-state index contributed by atoms with van der Waals surface area (Å²) >= 11 is 5.60. The molecular formula is C12H22ClNO. The van der Waals surface area contributed by atoms with Gasteiger partial charge in [0.25, 0.3) is 0 Å². The zero-order chi connectivity index (χ0) is 10.8. The summed E-state index contributed by atoms with van der Waals surface area (Å²) in [5.41, 5.74) is 0. The lowest BCUT2D eigenvalue weighted by Crippen LogP contribution is -2.35. The van der Waals surface area contributed by atoms with E-state index >= 15 is 0 Å². The van der Waals surface area contributed by atoms with Gasteiger partial charge in [0.05, 0.1) is 6.10 Å². The molecule has 4 unspecified atom stereocenters. The number of likely N-dealkylation sites (N-methyl/N-ethyl adjacent to an activating group) is 1. The number of nitrogens with zero attached hydrogens (tertiary/aromatic N) is 1. The van der Waals surface area contributed by atoms with Crippen LogP contribution in [-0.4, -0.2) is 42.1 Å². The monoisotopic (exact) mass is 231 g/mol. The third kappa shape index (κ3) is 2.86. The molecule has 1 N–H and O–H groups in total. The zero-order valence-electron chi connectivity index (χ0n) is 9.53. The summed E-state index contributed by atoms with van der Waals surface area (Å²) < 4.78 is 0. The van der Waals surface area contributed by atoms with Gasteiger partial charge in [-0.25, -0.2) is 0 Å². The zero-order valence-corrected chi connectivity index (χ0v) is 10.3. The Labute approximate surface area is 97.6 Å². The van der Waals surface area contributed by atoms with E-state index in [-0.39, 0.29) is 6.10 Å². The van der Waals surface area contributed by atoms with Gasteiger partial charge in [-0.2, -0.15) is 0 Å². The highest BCUT2D eigenvalue weighted by atomic mass is 35.5. The van der Waals surface area contributed by atoms with E-state index in [1.54, 1.807) is 0 Å². The van der Waals surface area contributed by atoms with Gasteiger partial charge in [0.1, 0.15) is 0 Å². The number of fused-ring (bicyclic) bond motifs is 2. The van der Waals surface area contributed by atoms with Crippen molar-refractivity contribution < 1.29 is 5.11 Å². The minimum atomic E-state index is -0.366. The van der Waals surface area contributed by atoms with Gasteiger partial charge < -0.3 is 10.0 Å². The molecule has 4 atom stereocenters. The molecule has 2 bridgehead atoms. The van der Waals surface area contributed by atoms with Gasteiger partial charge >= 0.3 is 0 Å². The van der Waals surface area contributed by atoms with Crippen LogP contribution in [0, 0.1) is 17.8 Å². The summed E-state index contributed by atoms with van der Waals surface area (Å²) in [5.74, 6) is 3.23. The molecule has 0 radical (unpaired) electrons. The third-order valence-electron chi connectivity index (χ3n) is 4.13. The van der Waals surface area contributed by atoms with Crippen LogP contribution in [0.5, 0.6) is 0 Å². The number of rotatable bonds is 5. The minimum Gasteiger partial charge on any atom is -0.391 e. The van der Waals surface area contributed by atoms with Crippen molar-refractivity contribution in [1.29, 1.82) is 0 Å². The minimum absolute atomic E-state index is 0.348. The summed E-state index contributed by atoms with van der Waals surface area (Å²) in [4.78, 5) is 2.25. The summed E-state index contributed by atoms with van der Waals surface area (Å²) in [6.45, 7) is 1.87. The quantitative estimate of drug-likeness (QED) is 0.732. The molecule has 0 amide bonds. The van der Waals surface area contributed by atoms with Crippen LogP contribution >= 0.6 is 11.6 Å². The third-order valence-corrected chi connectivity index (χ3v) is 4.49. The van der Waals surface area contributed by atoms with Crippen molar-refractivity contribution in [1.82, 2.24) is 4.90 Å². The van der Waals surface area contributed by atoms with Crippen molar-refractivity contribution in [3.05, 3.63) is 0 Å². The van der Waals surface area contributed by atoms with Crippen molar-refractivity contribution in [3.8, 4) is 0 Å². The van der Waals surface area contributed by atoms with Crippen LogP contribution in [-0.2, 0) is 0 Å². The van der Waals surface area contributed by atoms with Crippen molar-refractivity contribution in [2.75, 3.05) is 26.0 Å². The lowest BCUT2D eigenvalue weighted by Gasteiger charge is -2.28. The topological polar surface area (TPSA) is 23.5 Å². The Morgan fingerprint density at radius 2 is 2.20 bits per heavy atom. The molecule has 2 aliphatic rings. The van der Waals surface area contributed by atoms with Crippen LogP contribution in [0.25, 0.3) is 0 Å². The van der Waals surface area contributed by atoms with Gasteiger partial charge in [-0.1, -0.05) is 6.42 Å². The first kappa shape index (κ1) is 11.7. The molecule has 2 rings (SSSR count). The number of alkyl halides is 1. The second-order valence-electron chi connectivity index (χ2n) is 5.46. The average Bonchev–Trinajstić information content (AvgIpc) is 2.78. The summed E-state index contributed by atoms with van der Waals surface area (Å²) in [7, 11) is 2.10. The largest absolute Gasteiger partial charge is 0.391 e. The predicted octanol–water partition coefficient (Wildman–Crippen LogP) is 1.95. The molecule has 2 nitrogen and oxygen atoms in total. The number of aliphatic hydroxyl groups is 1. The molecular weight excluding hydrogens is 210 g/mol. The molecule has 0 aromatic rings. The highest BCUT2D eigenvalue weighted by molar-refractivity contribution is 6.18. The van der Waals surface area contributed by atoms with Crippen LogP contribution in [0.15, 0.2) is 0 Å². The highest BCUT2D eigenvalue weighted by Gasteiger charge is 2.39. The Hall–Kier alpha value is 0.210. The maximum absolute atomic E-state index is 9.46. The van der Waals surface area contributed by atoms with Gasteiger partial charge in [0.2, 0.25) is 0 Å². The fraction of sp³-hybridized carbons (Fsp3) is 1.00. The van der Waals surface area contributed by atoms with E-state index in [4.69, 9.17) is 11.6 Å². The molecule has 3 heteroatoms. The summed E-state index contributed by atoms with van der Waals surface area (Å²) in [6, 6.07) is 0. The molecule has 88 valence electrons. The Balaban J connectivity index is 1.72. The van der Waals surface area contributed by atoms with E-state index in [0.29, 0.717) is 5.88 Å². The second kappa shape index (κ2) is 5.03. The first-order valence-electron chi connectivity index (χ1n) is 6.11. The molecule has 2 aliphatic carbocycles. The van der Waals surface area contributed by atoms with E-state index in [1.165, 1.54) is 25.7 Å². The van der Waals surface area contributed by atoms with Crippen LogP contribution in [0.3, 0.4) is 0 Å². The van der Waals surface area contributed by atoms with Gasteiger partial charge in [-0.05, 0) is 44.1 Å². The Bertz CT molecular complexity index is 212. The SMILES string of the molecule is CN(CC(O)CCl)CC1CC2CCC1C2. The van der Waals surface area contributed by atoms with Crippen LogP contribution in [0.1, 0.15) is 25.7 Å². The molecule has 0 aliphatic heterocycles. The molecule has 2 fully saturated rings. The van der Waals surface area contributed by atoms with Gasteiger partial charge in [-0.15, -0.1) is 11.6 Å². The fourth-order valence-corrected chi connectivity index (χ4v) is 3.58. The number of halogens is 1. The molecule has 0 aromatic carbocycles. The van der Waals surface area contributed by atoms with Gasteiger partial charge in [0, 0.05) is 19.0 Å². The van der Waals surface area contributed by atoms with Gasteiger partial charge in [0.15, 0.2) is 0 Å². The molecule has 0 heterocycles. The van der Waals surface area contributed by atoms with E-state index in [0.717, 1.165) is 30.8 Å². The van der Waals surface area contributed by atoms with Crippen LogP contribution in [0.4, 0.5) is 0 Å². The van der Waals surface area contributed by atoms with Crippen molar-refractivity contribution >= 4 is 11.6 Å². The Kier molecular flexibility index (Phi) is 3.92. The molecule has 0 aromatic heterocycles. The normalized spacial score (nSPS) is 36.4. The van der Waals surface area contributed by atoms with Crippen molar-refractivity contribution in [2.24, 2.45) is 17.8 Å². The smallest absolute Gasteiger partial charge is 0.0802 e. The van der Waals surface area contributed by atoms with Gasteiger partial charge in [-0.3, -0.25) is 0 Å². The summed E-state index contributed by atoms with van der Waals surface area (Å²) in [5, 5.41) is 9.46. The van der Waals surface area contributed by atoms with E-state index in [9.17, 15) is 5.11 Å². The van der Waals surface area contributed by atoms with Crippen molar-refractivity contribution in [3.63, 3.8) is 0 Å². The Morgan fingerprint density at radius 1 is 1.40 bits per heavy atom. The highest BCUT2D eigenvalue weighted by Crippen LogP contribution is 2.48. The van der Waals surface area contributed by atoms with Crippen LogP contribution in [0.2, 0.25) is 0 Å². The second-order valence-corrected chi connectivity index (χ2v) is 5.77. The molecule has 0 saturated heterocycles. The average molecular weight is 232 g/mol. The standard InChI is InChI=1S/C12H22ClNO/c1-14(8-12(15)6-13)7-11-5-9-2-3-10(11)4-9/h9-12,15H,2-8H2,1H3. The Morgan fingerprint density at radius 3 is 2.73 bits per heavy atom. The van der Waals surface area contributed by atoms with Crippen molar-refractivity contribution in [2.45, 2.75) is 31.8 Å². The number of hydrogen-bond acceptors (Lipinski definition) is 2. The van der Waals surface area contributed by atoms with E-state index in [2.05, 4.69) is 11.9 Å². The maximum atomic E-state index is 9.46. The first-order valence-corrected chi connectivity index (χ1v) is 6.65. The summed E-state index contributed by atoms with van der Waals surface area (Å²) in [6.07, 6.45) is 5.44. The fourth-order valence-electron chi connectivity index (χ4n) is 3.48. The lowest BCUT2D eigenvalue weighted by molar-refractivity contribution is 0.125. The van der Waals surface area contributed by atoms with E-state index < -0.39 is 0 Å². The molecule has 0 spiro atoms. The predicted molar refractivity (Wildman–Crippen MR) is 63.2 cm³/mol.